The number of carbonyl (C=O) groups is 3. The van der Waals surface area contributed by atoms with Crippen molar-refractivity contribution in [1.82, 2.24) is 10.6 Å². The summed E-state index contributed by atoms with van der Waals surface area (Å²) in [6.45, 7) is 4.33. The van der Waals surface area contributed by atoms with Gasteiger partial charge in [-0.2, -0.15) is 0 Å². The van der Waals surface area contributed by atoms with Crippen molar-refractivity contribution in [3.63, 3.8) is 0 Å². The molecule has 0 aliphatic carbocycles. The van der Waals surface area contributed by atoms with E-state index < -0.39 is 5.97 Å². The largest absolute Gasteiger partial charge is 0.465 e. The van der Waals surface area contributed by atoms with E-state index in [9.17, 15) is 14.4 Å². The van der Waals surface area contributed by atoms with Gasteiger partial charge in [0.05, 0.1) is 12.7 Å². The Labute approximate surface area is 123 Å². The molecule has 1 rings (SSSR count). The van der Waals surface area contributed by atoms with Gasteiger partial charge in [0.1, 0.15) is 0 Å². The number of ether oxygens (including phenoxy) is 1. The highest BCUT2D eigenvalue weighted by Gasteiger charge is 2.09. The Balaban J connectivity index is 2.42. The minimum Gasteiger partial charge on any atom is -0.465 e. The average Bonchev–Trinajstić information content (AvgIpc) is 2.50. The summed E-state index contributed by atoms with van der Waals surface area (Å²) in [5, 5.41) is 5.39. The van der Waals surface area contributed by atoms with E-state index >= 15 is 0 Å². The standard InChI is InChI=1S/C15H20N2O4/c1-10(2)13(18)16-8-9-17-14(19)11-4-6-12(7-5-11)15(20)21-3/h4-7,10H,8-9H2,1-3H3,(H,16,18)(H,17,19). The molecule has 114 valence electrons. The van der Waals surface area contributed by atoms with Crippen molar-refractivity contribution >= 4 is 17.8 Å². The lowest BCUT2D eigenvalue weighted by Crippen LogP contribution is -2.36. The highest BCUT2D eigenvalue weighted by molar-refractivity contribution is 5.96. The molecule has 2 amide bonds. The van der Waals surface area contributed by atoms with Crippen LogP contribution in [0.1, 0.15) is 34.6 Å². The van der Waals surface area contributed by atoms with E-state index in [0.717, 1.165) is 0 Å². The van der Waals surface area contributed by atoms with Crippen LogP contribution in [0.2, 0.25) is 0 Å². The molecule has 1 aromatic rings. The van der Waals surface area contributed by atoms with Crippen LogP contribution in [-0.4, -0.2) is 38.0 Å². The molecule has 0 heterocycles. The maximum atomic E-state index is 11.8. The Hall–Kier alpha value is -2.37. The van der Waals surface area contributed by atoms with Crippen LogP contribution in [0.25, 0.3) is 0 Å². The highest BCUT2D eigenvalue weighted by Crippen LogP contribution is 2.05. The number of nitrogens with one attached hydrogen (secondary N) is 2. The van der Waals surface area contributed by atoms with Crippen LogP contribution in [0.4, 0.5) is 0 Å². The number of esters is 1. The summed E-state index contributed by atoms with van der Waals surface area (Å²) in [5.74, 6) is -0.832. The summed E-state index contributed by atoms with van der Waals surface area (Å²) < 4.78 is 4.58. The minimum absolute atomic E-state index is 0.0494. The molecular formula is C15H20N2O4. The third-order valence-electron chi connectivity index (χ3n) is 2.80. The van der Waals surface area contributed by atoms with Crippen molar-refractivity contribution in [3.8, 4) is 0 Å². The average molecular weight is 292 g/mol. The van der Waals surface area contributed by atoms with E-state index in [4.69, 9.17) is 0 Å². The van der Waals surface area contributed by atoms with E-state index in [1.807, 2.05) is 0 Å². The zero-order valence-electron chi connectivity index (χ0n) is 12.4. The molecule has 0 aliphatic rings. The second kappa shape index (κ2) is 8.04. The first-order chi connectivity index (χ1) is 9.95. The third kappa shape index (κ3) is 5.25. The van der Waals surface area contributed by atoms with Gasteiger partial charge in [0, 0.05) is 24.6 Å². The number of amides is 2. The SMILES string of the molecule is COC(=O)c1ccc(C(=O)NCCNC(=O)C(C)C)cc1. The molecular weight excluding hydrogens is 272 g/mol. The number of rotatable bonds is 6. The Kier molecular flexibility index (Phi) is 6.39. The highest BCUT2D eigenvalue weighted by atomic mass is 16.5. The third-order valence-corrected chi connectivity index (χ3v) is 2.80. The maximum absolute atomic E-state index is 11.8. The summed E-state index contributed by atoms with van der Waals surface area (Å²) in [5.41, 5.74) is 0.830. The molecule has 0 aliphatic heterocycles. The van der Waals surface area contributed by atoms with Gasteiger partial charge < -0.3 is 15.4 Å². The number of methoxy groups -OCH3 is 1. The first-order valence-electron chi connectivity index (χ1n) is 6.70. The van der Waals surface area contributed by atoms with Crippen LogP contribution in [-0.2, 0) is 9.53 Å². The predicted molar refractivity (Wildman–Crippen MR) is 78.0 cm³/mol. The monoisotopic (exact) mass is 292 g/mol. The van der Waals surface area contributed by atoms with Crippen molar-refractivity contribution in [2.75, 3.05) is 20.2 Å². The topological polar surface area (TPSA) is 84.5 Å². The van der Waals surface area contributed by atoms with Crippen molar-refractivity contribution < 1.29 is 19.1 Å². The van der Waals surface area contributed by atoms with Gasteiger partial charge in [-0.05, 0) is 24.3 Å². The molecule has 0 saturated heterocycles. The van der Waals surface area contributed by atoms with Crippen LogP contribution >= 0.6 is 0 Å². The molecule has 0 bridgehead atoms. The van der Waals surface area contributed by atoms with Gasteiger partial charge >= 0.3 is 5.97 Å². The summed E-state index contributed by atoms with van der Waals surface area (Å²) in [7, 11) is 1.30. The molecule has 0 spiro atoms. The van der Waals surface area contributed by atoms with Crippen LogP contribution in [0.3, 0.4) is 0 Å². The summed E-state index contributed by atoms with van der Waals surface area (Å²) >= 11 is 0. The van der Waals surface area contributed by atoms with E-state index in [1.54, 1.807) is 26.0 Å². The lowest BCUT2D eigenvalue weighted by Gasteiger charge is -2.09. The second-order valence-corrected chi connectivity index (χ2v) is 4.77. The Morgan fingerprint density at radius 1 is 1.00 bits per heavy atom. The van der Waals surface area contributed by atoms with Gasteiger partial charge in [0.15, 0.2) is 0 Å². The fraction of sp³-hybridized carbons (Fsp3) is 0.400. The molecule has 6 heteroatoms. The zero-order chi connectivity index (χ0) is 15.8. The van der Waals surface area contributed by atoms with Gasteiger partial charge in [-0.1, -0.05) is 13.8 Å². The van der Waals surface area contributed by atoms with Crippen molar-refractivity contribution in [1.29, 1.82) is 0 Å². The molecule has 0 aromatic heterocycles. The van der Waals surface area contributed by atoms with E-state index in [1.165, 1.54) is 19.2 Å². The Bertz CT molecular complexity index is 509. The minimum atomic E-state index is -0.446. The van der Waals surface area contributed by atoms with Gasteiger partial charge in [-0.3, -0.25) is 9.59 Å². The fourth-order valence-corrected chi connectivity index (χ4v) is 1.54. The van der Waals surface area contributed by atoms with Crippen molar-refractivity contribution in [2.45, 2.75) is 13.8 Å². The molecule has 21 heavy (non-hydrogen) atoms. The summed E-state index contributed by atoms with van der Waals surface area (Å²) in [6.07, 6.45) is 0. The van der Waals surface area contributed by atoms with Gasteiger partial charge in [-0.15, -0.1) is 0 Å². The molecule has 6 nitrogen and oxygen atoms in total. The fourth-order valence-electron chi connectivity index (χ4n) is 1.54. The van der Waals surface area contributed by atoms with E-state index in [2.05, 4.69) is 15.4 Å². The normalized spacial score (nSPS) is 10.1. The molecule has 2 N–H and O–H groups in total. The Morgan fingerprint density at radius 3 is 2.05 bits per heavy atom. The van der Waals surface area contributed by atoms with E-state index in [0.29, 0.717) is 24.2 Å². The molecule has 0 saturated carbocycles. The first-order valence-corrected chi connectivity index (χ1v) is 6.70. The van der Waals surface area contributed by atoms with Crippen LogP contribution in [0.5, 0.6) is 0 Å². The summed E-state index contributed by atoms with van der Waals surface area (Å²) in [6, 6.07) is 6.16. The number of benzene rings is 1. The van der Waals surface area contributed by atoms with Crippen molar-refractivity contribution in [2.24, 2.45) is 5.92 Å². The van der Waals surface area contributed by atoms with Crippen LogP contribution < -0.4 is 10.6 Å². The smallest absolute Gasteiger partial charge is 0.337 e. The molecule has 0 unspecified atom stereocenters. The van der Waals surface area contributed by atoms with Crippen LogP contribution in [0, 0.1) is 5.92 Å². The molecule has 1 aromatic carbocycles. The number of hydrogen-bond donors (Lipinski definition) is 2. The van der Waals surface area contributed by atoms with Gasteiger partial charge in [0.2, 0.25) is 5.91 Å². The number of carbonyl (C=O) groups excluding carboxylic acids is 3. The predicted octanol–water partition coefficient (Wildman–Crippen LogP) is 0.975. The lowest BCUT2D eigenvalue weighted by atomic mass is 10.1. The van der Waals surface area contributed by atoms with Gasteiger partial charge in [-0.25, -0.2) is 4.79 Å². The van der Waals surface area contributed by atoms with Crippen LogP contribution in [0.15, 0.2) is 24.3 Å². The number of hydrogen-bond acceptors (Lipinski definition) is 4. The van der Waals surface area contributed by atoms with Gasteiger partial charge in [0.25, 0.3) is 5.91 Å². The second-order valence-electron chi connectivity index (χ2n) is 4.77. The molecule has 0 fully saturated rings. The lowest BCUT2D eigenvalue weighted by molar-refractivity contribution is -0.123. The van der Waals surface area contributed by atoms with E-state index in [-0.39, 0.29) is 17.7 Å². The molecule has 0 atom stereocenters. The maximum Gasteiger partial charge on any atom is 0.337 e. The quantitative estimate of drug-likeness (QED) is 0.604. The summed E-state index contributed by atoms with van der Waals surface area (Å²) in [4.78, 5) is 34.4. The zero-order valence-corrected chi connectivity index (χ0v) is 12.4. The van der Waals surface area contributed by atoms with Crippen molar-refractivity contribution in [3.05, 3.63) is 35.4 Å². The Morgan fingerprint density at radius 2 is 1.52 bits per heavy atom. The molecule has 0 radical (unpaired) electrons. The first kappa shape index (κ1) is 16.7.